The Labute approximate surface area is 63.1 Å². The lowest BCUT2D eigenvalue weighted by atomic mass is 10.2. The third kappa shape index (κ3) is 0.895. The van der Waals surface area contributed by atoms with Gasteiger partial charge in [0.15, 0.2) is 0 Å². The highest BCUT2D eigenvalue weighted by Gasteiger charge is 2.60. The maximum Gasteiger partial charge on any atom is 0.506 e. The number of ether oxygens (including phenoxy) is 1. The highest BCUT2D eigenvalue weighted by Crippen LogP contribution is 2.51. The molecule has 0 heterocycles. The molecule has 60 valence electrons. The Kier molecular flexibility index (Phi) is 1.19. The number of Topliss-reactive ketones (excluding diaryl/α,β-unsaturated/α-hetero) is 1. The quantitative estimate of drug-likeness (QED) is 0.566. The van der Waals surface area contributed by atoms with Gasteiger partial charge < -0.3 is 9.84 Å². The lowest BCUT2D eigenvalue weighted by molar-refractivity contribution is -0.120. The zero-order chi connectivity index (χ0) is 8.01. The van der Waals surface area contributed by atoms with E-state index in [1.807, 2.05) is 0 Å². The highest BCUT2D eigenvalue weighted by molar-refractivity contribution is 5.88. The van der Waals surface area contributed by atoms with E-state index in [2.05, 4.69) is 4.74 Å². The van der Waals surface area contributed by atoms with Crippen LogP contribution < -0.4 is 0 Å². The fourth-order valence-corrected chi connectivity index (χ4v) is 1.86. The van der Waals surface area contributed by atoms with Crippen LogP contribution in [0.2, 0.25) is 0 Å². The van der Waals surface area contributed by atoms with Crippen molar-refractivity contribution in [2.75, 3.05) is 0 Å². The van der Waals surface area contributed by atoms with Crippen molar-refractivity contribution in [2.45, 2.75) is 18.9 Å². The molecule has 0 amide bonds. The van der Waals surface area contributed by atoms with Crippen molar-refractivity contribution in [1.82, 2.24) is 0 Å². The summed E-state index contributed by atoms with van der Waals surface area (Å²) in [5.74, 6) is 0.283. The summed E-state index contributed by atoms with van der Waals surface area (Å²) >= 11 is 0. The minimum Gasteiger partial charge on any atom is -0.450 e. The molecule has 11 heavy (non-hydrogen) atoms. The Morgan fingerprint density at radius 3 is 2.82 bits per heavy atom. The van der Waals surface area contributed by atoms with Crippen LogP contribution in [0.3, 0.4) is 0 Å². The summed E-state index contributed by atoms with van der Waals surface area (Å²) in [6.45, 7) is 0. The summed E-state index contributed by atoms with van der Waals surface area (Å²) in [5, 5.41) is 8.23. The van der Waals surface area contributed by atoms with E-state index in [-0.39, 0.29) is 23.7 Å². The molecule has 3 atom stereocenters. The summed E-state index contributed by atoms with van der Waals surface area (Å²) in [4.78, 5) is 21.0. The van der Waals surface area contributed by atoms with Crippen molar-refractivity contribution in [3.05, 3.63) is 0 Å². The monoisotopic (exact) mass is 156 g/mol. The maximum atomic E-state index is 10.9. The van der Waals surface area contributed by atoms with Crippen LogP contribution in [0.1, 0.15) is 12.8 Å². The van der Waals surface area contributed by atoms with Crippen LogP contribution in [0.4, 0.5) is 4.79 Å². The maximum absolute atomic E-state index is 10.9. The number of carbonyl (C=O) groups is 2. The van der Waals surface area contributed by atoms with Gasteiger partial charge in [-0.05, 0) is 6.42 Å². The third-order valence-electron chi connectivity index (χ3n) is 2.43. The molecule has 0 aromatic carbocycles. The Morgan fingerprint density at radius 2 is 2.36 bits per heavy atom. The molecular formula is C7H8O4. The van der Waals surface area contributed by atoms with Crippen molar-refractivity contribution >= 4 is 11.9 Å². The van der Waals surface area contributed by atoms with Crippen molar-refractivity contribution in [1.29, 1.82) is 0 Å². The van der Waals surface area contributed by atoms with Crippen molar-refractivity contribution < 1.29 is 19.4 Å². The first kappa shape index (κ1) is 6.64. The topological polar surface area (TPSA) is 63.6 Å². The average Bonchev–Trinajstić information content (AvgIpc) is 2.41. The fourth-order valence-electron chi connectivity index (χ4n) is 1.86. The van der Waals surface area contributed by atoms with Gasteiger partial charge in [-0.1, -0.05) is 0 Å². The number of ketones is 1. The van der Waals surface area contributed by atoms with Gasteiger partial charge >= 0.3 is 6.16 Å². The summed E-state index contributed by atoms with van der Waals surface area (Å²) in [6.07, 6.45) is -0.165. The normalized spacial score (nSPS) is 40.0. The van der Waals surface area contributed by atoms with Crippen molar-refractivity contribution in [2.24, 2.45) is 11.8 Å². The molecule has 2 rings (SSSR count). The third-order valence-corrected chi connectivity index (χ3v) is 2.43. The molecule has 0 aromatic heterocycles. The van der Waals surface area contributed by atoms with Gasteiger partial charge in [0.25, 0.3) is 0 Å². The van der Waals surface area contributed by atoms with E-state index < -0.39 is 6.16 Å². The van der Waals surface area contributed by atoms with Gasteiger partial charge in [-0.3, -0.25) is 4.79 Å². The Morgan fingerprint density at radius 1 is 1.64 bits per heavy atom. The lowest BCUT2D eigenvalue weighted by Crippen LogP contribution is -2.10. The molecule has 0 aromatic rings. The minimum atomic E-state index is -1.27. The van der Waals surface area contributed by atoms with E-state index >= 15 is 0 Å². The van der Waals surface area contributed by atoms with Gasteiger partial charge in [-0.25, -0.2) is 4.79 Å². The molecule has 0 bridgehead atoms. The molecule has 2 fully saturated rings. The van der Waals surface area contributed by atoms with Crippen molar-refractivity contribution in [3.8, 4) is 0 Å². The van der Waals surface area contributed by atoms with Crippen LogP contribution >= 0.6 is 0 Å². The van der Waals surface area contributed by atoms with Gasteiger partial charge in [0, 0.05) is 12.3 Å². The molecule has 0 aliphatic heterocycles. The minimum absolute atomic E-state index is 0.0916. The second-order valence-electron chi connectivity index (χ2n) is 3.04. The molecule has 2 aliphatic rings. The second kappa shape index (κ2) is 1.96. The Balaban J connectivity index is 1.94. The molecule has 4 nitrogen and oxygen atoms in total. The zero-order valence-electron chi connectivity index (χ0n) is 5.82. The number of carboxylic acid groups (broad SMARTS) is 1. The molecule has 0 saturated heterocycles. The summed E-state index contributed by atoms with van der Waals surface area (Å²) in [6, 6.07) is 0. The first-order chi connectivity index (χ1) is 5.20. The summed E-state index contributed by atoms with van der Waals surface area (Å²) in [7, 11) is 0. The zero-order valence-corrected chi connectivity index (χ0v) is 5.82. The molecule has 4 heteroatoms. The summed E-state index contributed by atoms with van der Waals surface area (Å²) in [5.41, 5.74) is 0. The molecule has 3 unspecified atom stereocenters. The summed E-state index contributed by atoms with van der Waals surface area (Å²) < 4.78 is 4.49. The van der Waals surface area contributed by atoms with E-state index in [1.54, 1.807) is 0 Å². The lowest BCUT2D eigenvalue weighted by Gasteiger charge is -1.99. The molecular weight excluding hydrogens is 148 g/mol. The van der Waals surface area contributed by atoms with Crippen LogP contribution in [0, 0.1) is 11.8 Å². The SMILES string of the molecule is O=C(O)OC1C2CCC(=O)C21. The van der Waals surface area contributed by atoms with Crippen LogP contribution in [-0.4, -0.2) is 23.1 Å². The van der Waals surface area contributed by atoms with Gasteiger partial charge in [-0.15, -0.1) is 0 Å². The predicted molar refractivity (Wildman–Crippen MR) is 34.1 cm³/mol. The van der Waals surface area contributed by atoms with Crippen LogP contribution in [0.25, 0.3) is 0 Å². The molecule has 0 radical (unpaired) electrons. The number of rotatable bonds is 1. The molecule has 1 N–H and O–H groups in total. The standard InChI is InChI=1S/C7H8O4/c8-4-2-1-3-5(4)6(3)11-7(9)10/h3,5-6H,1-2H2,(H,9,10). The fraction of sp³-hybridized carbons (Fsp3) is 0.714. The predicted octanol–water partition coefficient (Wildman–Crippen LogP) is 0.659. The van der Waals surface area contributed by atoms with E-state index in [4.69, 9.17) is 5.11 Å². The highest BCUT2D eigenvalue weighted by atomic mass is 16.7. The van der Waals surface area contributed by atoms with Gasteiger partial charge in [0.05, 0.1) is 5.92 Å². The van der Waals surface area contributed by atoms with Crippen LogP contribution in [-0.2, 0) is 9.53 Å². The van der Waals surface area contributed by atoms with Gasteiger partial charge in [0.2, 0.25) is 0 Å². The second-order valence-corrected chi connectivity index (χ2v) is 3.04. The Bertz CT molecular complexity index is 222. The van der Waals surface area contributed by atoms with E-state index in [1.165, 1.54) is 0 Å². The number of hydrogen-bond donors (Lipinski definition) is 1. The number of hydrogen-bond acceptors (Lipinski definition) is 3. The Hall–Kier alpha value is -1.06. The molecule has 2 aliphatic carbocycles. The number of carbonyl (C=O) groups excluding carboxylic acids is 1. The van der Waals surface area contributed by atoms with E-state index in [0.29, 0.717) is 6.42 Å². The number of fused-ring (bicyclic) bond motifs is 1. The average molecular weight is 156 g/mol. The first-order valence-electron chi connectivity index (χ1n) is 3.62. The molecule has 0 spiro atoms. The van der Waals surface area contributed by atoms with Gasteiger partial charge in [-0.2, -0.15) is 0 Å². The largest absolute Gasteiger partial charge is 0.506 e. The van der Waals surface area contributed by atoms with Crippen molar-refractivity contribution in [3.63, 3.8) is 0 Å². The van der Waals surface area contributed by atoms with E-state index in [9.17, 15) is 9.59 Å². The van der Waals surface area contributed by atoms with Crippen LogP contribution in [0.15, 0.2) is 0 Å². The smallest absolute Gasteiger partial charge is 0.450 e. The van der Waals surface area contributed by atoms with Crippen LogP contribution in [0.5, 0.6) is 0 Å². The van der Waals surface area contributed by atoms with Gasteiger partial charge in [0.1, 0.15) is 11.9 Å². The molecule has 2 saturated carbocycles. The van der Waals surface area contributed by atoms with E-state index in [0.717, 1.165) is 6.42 Å². The first-order valence-corrected chi connectivity index (χ1v) is 3.62.